The quantitative estimate of drug-likeness (QED) is 0.454. The van der Waals surface area contributed by atoms with Gasteiger partial charge in [-0.05, 0) is 12.5 Å². The van der Waals surface area contributed by atoms with Crippen molar-refractivity contribution in [3.8, 4) is 0 Å². The summed E-state index contributed by atoms with van der Waals surface area (Å²) in [6.07, 6.45) is 0.578. The lowest BCUT2D eigenvalue weighted by molar-refractivity contribution is -0.384. The fourth-order valence-corrected chi connectivity index (χ4v) is 1.78. The minimum Gasteiger partial charge on any atom is -0.465 e. The topological polar surface area (TPSA) is 102 Å². The van der Waals surface area contributed by atoms with Gasteiger partial charge >= 0.3 is 5.97 Å². The predicted octanol–water partition coefficient (Wildman–Crippen LogP) is 2.09. The molecule has 116 valence electrons. The highest BCUT2D eigenvalue weighted by Crippen LogP contribution is 2.28. The summed E-state index contributed by atoms with van der Waals surface area (Å²) < 4.78 is 18.1. The van der Waals surface area contributed by atoms with Crippen molar-refractivity contribution in [1.82, 2.24) is 0 Å². The SMILES string of the molecule is CCCC(O)CNc1cc(C(=O)OC)c(F)cc1[N+](=O)[O-]. The number of methoxy groups -OCH3 is 1. The number of carbonyl (C=O) groups is 1. The van der Waals surface area contributed by atoms with Gasteiger partial charge in [-0.25, -0.2) is 9.18 Å². The van der Waals surface area contributed by atoms with Gasteiger partial charge in [-0.1, -0.05) is 13.3 Å². The molecule has 8 heteroatoms. The summed E-state index contributed by atoms with van der Waals surface area (Å²) in [6.45, 7) is 1.94. The van der Waals surface area contributed by atoms with Crippen LogP contribution in [0.15, 0.2) is 12.1 Å². The maximum absolute atomic E-state index is 13.7. The van der Waals surface area contributed by atoms with Crippen LogP contribution in [0.4, 0.5) is 15.8 Å². The molecule has 0 spiro atoms. The molecule has 0 amide bonds. The van der Waals surface area contributed by atoms with Crippen molar-refractivity contribution in [1.29, 1.82) is 0 Å². The number of nitrogens with one attached hydrogen (secondary N) is 1. The molecule has 0 aromatic heterocycles. The Morgan fingerprint density at radius 2 is 2.24 bits per heavy atom. The average Bonchev–Trinajstić information content (AvgIpc) is 2.44. The van der Waals surface area contributed by atoms with E-state index in [-0.39, 0.29) is 12.2 Å². The Morgan fingerprint density at radius 3 is 2.76 bits per heavy atom. The summed E-state index contributed by atoms with van der Waals surface area (Å²) in [5.41, 5.74) is -0.962. The maximum atomic E-state index is 13.7. The minimum absolute atomic E-state index is 0.0445. The zero-order valence-electron chi connectivity index (χ0n) is 11.8. The van der Waals surface area contributed by atoms with Gasteiger partial charge in [0, 0.05) is 6.54 Å². The fourth-order valence-electron chi connectivity index (χ4n) is 1.78. The number of aliphatic hydroxyl groups is 1. The van der Waals surface area contributed by atoms with E-state index in [1.165, 1.54) is 0 Å². The highest BCUT2D eigenvalue weighted by Gasteiger charge is 2.22. The molecule has 0 fully saturated rings. The van der Waals surface area contributed by atoms with Gasteiger partial charge in [0.1, 0.15) is 11.5 Å². The molecular weight excluding hydrogens is 283 g/mol. The molecule has 1 rings (SSSR count). The van der Waals surface area contributed by atoms with Gasteiger partial charge in [-0.15, -0.1) is 0 Å². The van der Waals surface area contributed by atoms with Crippen LogP contribution >= 0.6 is 0 Å². The first kappa shape index (κ1) is 16.8. The molecule has 0 heterocycles. The van der Waals surface area contributed by atoms with E-state index in [2.05, 4.69) is 10.1 Å². The van der Waals surface area contributed by atoms with Gasteiger partial charge in [0.25, 0.3) is 5.69 Å². The fraction of sp³-hybridized carbons (Fsp3) is 0.462. The van der Waals surface area contributed by atoms with Gasteiger partial charge < -0.3 is 15.2 Å². The van der Waals surface area contributed by atoms with Gasteiger partial charge in [0.2, 0.25) is 0 Å². The second-order valence-corrected chi connectivity index (χ2v) is 4.42. The van der Waals surface area contributed by atoms with Crippen LogP contribution in [0.25, 0.3) is 0 Å². The minimum atomic E-state index is -1.03. The number of ether oxygens (including phenoxy) is 1. The van der Waals surface area contributed by atoms with Crippen LogP contribution in [0.1, 0.15) is 30.1 Å². The highest BCUT2D eigenvalue weighted by molar-refractivity contribution is 5.91. The Bertz CT molecular complexity index is 536. The van der Waals surface area contributed by atoms with E-state index >= 15 is 0 Å². The Hall–Kier alpha value is -2.22. The van der Waals surface area contributed by atoms with Crippen LogP contribution < -0.4 is 5.32 Å². The third kappa shape index (κ3) is 4.38. The number of nitro benzene ring substituents is 1. The lowest BCUT2D eigenvalue weighted by atomic mass is 10.1. The maximum Gasteiger partial charge on any atom is 0.340 e. The molecule has 0 aliphatic heterocycles. The lowest BCUT2D eigenvalue weighted by Crippen LogP contribution is -2.20. The van der Waals surface area contributed by atoms with Crippen molar-refractivity contribution < 1.29 is 24.0 Å². The number of hydrogen-bond acceptors (Lipinski definition) is 6. The van der Waals surface area contributed by atoms with Crippen LogP contribution in [0.3, 0.4) is 0 Å². The number of carbonyl (C=O) groups excluding carboxylic acids is 1. The Balaban J connectivity index is 3.08. The molecule has 1 unspecified atom stereocenters. The first-order chi connectivity index (χ1) is 9.90. The van der Waals surface area contributed by atoms with Crippen molar-refractivity contribution in [2.24, 2.45) is 0 Å². The third-order valence-electron chi connectivity index (χ3n) is 2.84. The average molecular weight is 300 g/mol. The summed E-state index contributed by atoms with van der Waals surface area (Å²) >= 11 is 0. The second kappa shape index (κ2) is 7.53. The van der Waals surface area contributed by atoms with Crippen LogP contribution in [0.2, 0.25) is 0 Å². The first-order valence-corrected chi connectivity index (χ1v) is 6.38. The second-order valence-electron chi connectivity index (χ2n) is 4.42. The number of rotatable bonds is 7. The molecule has 2 N–H and O–H groups in total. The zero-order valence-corrected chi connectivity index (χ0v) is 11.8. The lowest BCUT2D eigenvalue weighted by Gasteiger charge is -2.13. The summed E-state index contributed by atoms with van der Waals surface area (Å²) in [5, 5.41) is 23.2. The van der Waals surface area contributed by atoms with Crippen LogP contribution in [0, 0.1) is 15.9 Å². The number of esters is 1. The predicted molar refractivity (Wildman–Crippen MR) is 73.8 cm³/mol. The van der Waals surface area contributed by atoms with Crippen molar-refractivity contribution in [3.63, 3.8) is 0 Å². The van der Waals surface area contributed by atoms with E-state index in [0.717, 1.165) is 19.6 Å². The summed E-state index contributed by atoms with van der Waals surface area (Å²) in [6, 6.07) is 1.67. The van der Waals surface area contributed by atoms with Gasteiger partial charge in [0.05, 0.1) is 29.8 Å². The van der Waals surface area contributed by atoms with Crippen molar-refractivity contribution >= 4 is 17.3 Å². The molecule has 1 aromatic carbocycles. The molecule has 21 heavy (non-hydrogen) atoms. The molecule has 0 radical (unpaired) electrons. The molecule has 0 saturated heterocycles. The molecule has 0 aliphatic rings. The summed E-state index contributed by atoms with van der Waals surface area (Å²) in [4.78, 5) is 21.5. The van der Waals surface area contributed by atoms with E-state index in [0.29, 0.717) is 12.5 Å². The molecule has 1 atom stereocenters. The zero-order chi connectivity index (χ0) is 16.0. The summed E-state index contributed by atoms with van der Waals surface area (Å²) in [7, 11) is 1.08. The smallest absolute Gasteiger partial charge is 0.340 e. The van der Waals surface area contributed by atoms with Crippen molar-refractivity contribution in [2.45, 2.75) is 25.9 Å². The monoisotopic (exact) mass is 300 g/mol. The normalized spacial score (nSPS) is 11.8. The number of hydrogen-bond donors (Lipinski definition) is 2. The van der Waals surface area contributed by atoms with Gasteiger partial charge in [0.15, 0.2) is 0 Å². The number of aliphatic hydroxyl groups excluding tert-OH is 1. The van der Waals surface area contributed by atoms with E-state index in [1.54, 1.807) is 0 Å². The standard InChI is InChI=1S/C13H17FN2O5/c1-3-4-8(17)7-15-11-5-9(13(18)21-2)10(14)6-12(11)16(19)20/h5-6,8,15,17H,3-4,7H2,1-2H3. The van der Waals surface area contributed by atoms with E-state index in [4.69, 9.17) is 0 Å². The molecule has 0 saturated carbocycles. The van der Waals surface area contributed by atoms with E-state index in [1.807, 2.05) is 6.92 Å². The van der Waals surface area contributed by atoms with E-state index in [9.17, 15) is 24.4 Å². The number of nitro groups is 1. The number of halogens is 1. The summed E-state index contributed by atoms with van der Waals surface area (Å²) in [5.74, 6) is -1.97. The molecule has 1 aromatic rings. The third-order valence-corrected chi connectivity index (χ3v) is 2.84. The Labute approximate surface area is 120 Å². The Morgan fingerprint density at radius 1 is 1.57 bits per heavy atom. The van der Waals surface area contributed by atoms with Crippen molar-refractivity contribution in [3.05, 3.63) is 33.6 Å². The van der Waals surface area contributed by atoms with Crippen LogP contribution in [-0.4, -0.2) is 35.8 Å². The van der Waals surface area contributed by atoms with Gasteiger partial charge in [-0.3, -0.25) is 10.1 Å². The molecular formula is C13H17FN2O5. The Kier molecular flexibility index (Phi) is 6.04. The number of anilines is 1. The molecule has 7 nitrogen and oxygen atoms in total. The largest absolute Gasteiger partial charge is 0.465 e. The molecule has 0 bridgehead atoms. The van der Waals surface area contributed by atoms with Gasteiger partial charge in [-0.2, -0.15) is 0 Å². The van der Waals surface area contributed by atoms with Crippen LogP contribution in [-0.2, 0) is 4.74 Å². The van der Waals surface area contributed by atoms with Crippen LogP contribution in [0.5, 0.6) is 0 Å². The molecule has 0 aliphatic carbocycles. The number of benzene rings is 1. The highest BCUT2D eigenvalue weighted by atomic mass is 19.1. The number of nitrogens with zero attached hydrogens (tertiary/aromatic N) is 1. The van der Waals surface area contributed by atoms with E-state index < -0.39 is 34.1 Å². The first-order valence-electron chi connectivity index (χ1n) is 6.38. The van der Waals surface area contributed by atoms with Crippen molar-refractivity contribution in [2.75, 3.05) is 19.0 Å².